The number of esters is 1. The molecule has 0 fully saturated rings. The summed E-state index contributed by atoms with van der Waals surface area (Å²) in [5, 5.41) is 0.0266. The van der Waals surface area contributed by atoms with Gasteiger partial charge in [-0.15, -0.1) is 0 Å². The molecular formula is C33H37NO3Si. The minimum atomic E-state index is -2.22. The Morgan fingerprint density at radius 2 is 1.42 bits per heavy atom. The highest BCUT2D eigenvalue weighted by molar-refractivity contribution is 6.74. The third-order valence-electron chi connectivity index (χ3n) is 8.15. The van der Waals surface area contributed by atoms with E-state index in [-0.39, 0.29) is 35.8 Å². The minimum absolute atomic E-state index is 0.0266. The van der Waals surface area contributed by atoms with Crippen LogP contribution in [0.15, 0.2) is 114 Å². The summed E-state index contributed by atoms with van der Waals surface area (Å²) in [6.45, 7) is 11.7. The summed E-state index contributed by atoms with van der Waals surface area (Å²) in [6.07, 6.45) is 3.81. The fourth-order valence-corrected chi connectivity index (χ4v) is 6.33. The van der Waals surface area contributed by atoms with Gasteiger partial charge in [0, 0.05) is 0 Å². The van der Waals surface area contributed by atoms with Gasteiger partial charge >= 0.3 is 5.97 Å². The number of hydrogen-bond donors (Lipinski definition) is 0. The first-order valence-corrected chi connectivity index (χ1v) is 16.3. The molecule has 2 aliphatic rings. The van der Waals surface area contributed by atoms with Gasteiger partial charge in [0.05, 0.1) is 29.5 Å². The third kappa shape index (κ3) is 5.01. The molecule has 196 valence electrons. The van der Waals surface area contributed by atoms with E-state index in [1.54, 1.807) is 0 Å². The minimum Gasteiger partial charge on any atom is -0.456 e. The van der Waals surface area contributed by atoms with Crippen molar-refractivity contribution in [3.8, 4) is 0 Å². The van der Waals surface area contributed by atoms with Crippen LogP contribution in [0.3, 0.4) is 0 Å². The van der Waals surface area contributed by atoms with Crippen LogP contribution in [-0.2, 0) is 14.0 Å². The Morgan fingerprint density at radius 3 is 2.00 bits per heavy atom. The molecule has 0 N–H and O–H groups in total. The van der Waals surface area contributed by atoms with Crippen molar-refractivity contribution in [3.63, 3.8) is 0 Å². The lowest BCUT2D eigenvalue weighted by molar-refractivity contribution is -0.135. The summed E-state index contributed by atoms with van der Waals surface area (Å²) in [4.78, 5) is 15.2. The van der Waals surface area contributed by atoms with Gasteiger partial charge < -0.3 is 14.1 Å². The molecule has 0 radical (unpaired) electrons. The molecule has 0 spiro atoms. The van der Waals surface area contributed by atoms with Crippen LogP contribution in [0.1, 0.15) is 55.6 Å². The molecule has 0 amide bonds. The molecule has 1 unspecified atom stereocenters. The van der Waals surface area contributed by atoms with E-state index in [2.05, 4.69) is 118 Å². The maximum absolute atomic E-state index is 12.8. The summed E-state index contributed by atoms with van der Waals surface area (Å²) >= 11 is 0. The quantitative estimate of drug-likeness (QED) is 0.233. The summed E-state index contributed by atoms with van der Waals surface area (Å²) in [6, 6.07) is 31.3. The van der Waals surface area contributed by atoms with E-state index in [9.17, 15) is 4.79 Å². The molecular weight excluding hydrogens is 486 g/mol. The Hall–Kier alpha value is -3.41. The number of rotatable bonds is 7. The Morgan fingerprint density at radius 1 is 0.868 bits per heavy atom. The summed E-state index contributed by atoms with van der Waals surface area (Å²) < 4.78 is 12.9. The van der Waals surface area contributed by atoms with Crippen molar-refractivity contribution in [2.45, 2.75) is 57.1 Å². The van der Waals surface area contributed by atoms with Crippen molar-refractivity contribution in [2.75, 3.05) is 6.61 Å². The van der Waals surface area contributed by atoms with Gasteiger partial charge in [-0.25, -0.2) is 4.79 Å². The molecule has 5 rings (SSSR count). The lowest BCUT2D eigenvalue weighted by atomic mass is 9.89. The number of carbonyl (C=O) groups excluding carboxylic acids is 1. The fourth-order valence-electron chi connectivity index (χ4n) is 5.08. The number of ether oxygens (including phenoxy) is 1. The van der Waals surface area contributed by atoms with Gasteiger partial charge in [0.15, 0.2) is 8.32 Å². The summed E-state index contributed by atoms with van der Waals surface area (Å²) in [7, 11) is -2.22. The second-order valence-corrected chi connectivity index (χ2v) is 16.4. The van der Waals surface area contributed by atoms with E-state index in [0.717, 1.165) is 22.4 Å². The van der Waals surface area contributed by atoms with Crippen molar-refractivity contribution < 1.29 is 14.0 Å². The van der Waals surface area contributed by atoms with Crippen LogP contribution >= 0.6 is 0 Å². The maximum atomic E-state index is 12.8. The summed E-state index contributed by atoms with van der Waals surface area (Å²) in [5.41, 5.74) is 4.98. The van der Waals surface area contributed by atoms with Crippen LogP contribution in [-0.4, -0.2) is 25.8 Å². The molecule has 0 saturated carbocycles. The topological polar surface area (TPSA) is 38.8 Å². The molecule has 0 bridgehead atoms. The second kappa shape index (κ2) is 10.4. The van der Waals surface area contributed by atoms with E-state index in [1.165, 1.54) is 0 Å². The van der Waals surface area contributed by atoms with Crippen molar-refractivity contribution in [3.05, 3.63) is 131 Å². The summed E-state index contributed by atoms with van der Waals surface area (Å²) in [5.74, 6) is -0.263. The van der Waals surface area contributed by atoms with Gasteiger partial charge in [0.1, 0.15) is 6.61 Å². The van der Waals surface area contributed by atoms with Crippen molar-refractivity contribution >= 4 is 14.3 Å². The molecule has 3 aromatic carbocycles. The van der Waals surface area contributed by atoms with E-state index in [0.29, 0.717) is 5.57 Å². The van der Waals surface area contributed by atoms with Gasteiger partial charge in [-0.05, 0) is 40.9 Å². The lowest BCUT2D eigenvalue weighted by Gasteiger charge is -2.48. The van der Waals surface area contributed by atoms with Gasteiger partial charge in [0.2, 0.25) is 0 Å². The monoisotopic (exact) mass is 523 g/mol. The fraction of sp³-hybridized carbons (Fsp3) is 0.303. The predicted molar refractivity (Wildman–Crippen MR) is 155 cm³/mol. The van der Waals surface area contributed by atoms with Crippen LogP contribution in [0.5, 0.6) is 0 Å². The van der Waals surface area contributed by atoms with Crippen LogP contribution in [0.25, 0.3) is 0 Å². The lowest BCUT2D eigenvalue weighted by Crippen LogP contribution is -2.46. The SMILES string of the molecule is CC(C)(C)[Si](C)(C)O[C@@H](c1ccccc1)[C@@H](c1ccccc1)N1C2=C(C=CC1c1ccccc1)C(=O)OC2. The Balaban J connectivity index is 1.74. The van der Waals surface area contributed by atoms with Crippen LogP contribution in [0.4, 0.5) is 0 Å². The highest BCUT2D eigenvalue weighted by Gasteiger charge is 2.46. The van der Waals surface area contributed by atoms with Gasteiger partial charge in [-0.2, -0.15) is 0 Å². The Labute approximate surface area is 227 Å². The maximum Gasteiger partial charge on any atom is 0.340 e. The van der Waals surface area contributed by atoms with Crippen LogP contribution < -0.4 is 0 Å². The van der Waals surface area contributed by atoms with Gasteiger partial charge in [0.25, 0.3) is 0 Å². The number of benzene rings is 3. The smallest absolute Gasteiger partial charge is 0.340 e. The molecule has 0 saturated heterocycles. The first kappa shape index (κ1) is 26.2. The van der Waals surface area contributed by atoms with E-state index < -0.39 is 8.32 Å². The molecule has 3 atom stereocenters. The Bertz CT molecular complexity index is 1330. The standard InChI is InChI=1S/C33H37NO3Si/c1-33(2,3)38(4,5)37-31(26-19-13-8-14-20-26)30(25-17-11-7-12-18-25)34-28(24-15-9-6-10-16-24)22-21-27-29(34)23-36-32(27)35/h6-22,28,30-31H,23H2,1-5H3/t28?,30-,31+/m1/s1. The molecule has 0 aromatic heterocycles. The van der Waals surface area contributed by atoms with Gasteiger partial charge in [-0.1, -0.05) is 118 Å². The number of carbonyl (C=O) groups is 1. The highest BCUT2D eigenvalue weighted by atomic mass is 28.4. The molecule has 38 heavy (non-hydrogen) atoms. The van der Waals surface area contributed by atoms with Crippen LogP contribution in [0.2, 0.25) is 18.1 Å². The number of hydrogen-bond acceptors (Lipinski definition) is 4. The van der Waals surface area contributed by atoms with Crippen molar-refractivity contribution in [2.24, 2.45) is 0 Å². The number of cyclic esters (lactones) is 1. The molecule has 5 heteroatoms. The average Bonchev–Trinajstić information content (AvgIpc) is 3.30. The highest BCUT2D eigenvalue weighted by Crippen LogP contribution is 2.50. The van der Waals surface area contributed by atoms with E-state index in [1.807, 2.05) is 24.3 Å². The van der Waals surface area contributed by atoms with Crippen LogP contribution in [0, 0.1) is 0 Å². The third-order valence-corrected chi connectivity index (χ3v) is 12.6. The normalized spacial score (nSPS) is 19.2. The first-order valence-electron chi connectivity index (χ1n) is 13.4. The van der Waals surface area contributed by atoms with E-state index >= 15 is 0 Å². The molecule has 3 aromatic rings. The molecule has 0 aliphatic carbocycles. The van der Waals surface area contributed by atoms with Crippen molar-refractivity contribution in [1.82, 2.24) is 4.90 Å². The largest absolute Gasteiger partial charge is 0.456 e. The molecule has 2 heterocycles. The zero-order chi connectivity index (χ0) is 26.9. The molecule has 4 nitrogen and oxygen atoms in total. The van der Waals surface area contributed by atoms with Gasteiger partial charge in [-0.3, -0.25) is 0 Å². The molecule has 2 aliphatic heterocycles. The number of nitrogens with zero attached hydrogens (tertiary/aromatic N) is 1. The predicted octanol–water partition coefficient (Wildman–Crippen LogP) is 7.91. The first-order chi connectivity index (χ1) is 18.2. The Kier molecular flexibility index (Phi) is 7.17. The zero-order valence-electron chi connectivity index (χ0n) is 22.9. The van der Waals surface area contributed by atoms with Crippen molar-refractivity contribution in [1.29, 1.82) is 0 Å². The average molecular weight is 524 g/mol. The van der Waals surface area contributed by atoms with E-state index in [4.69, 9.17) is 9.16 Å². The second-order valence-electron chi connectivity index (χ2n) is 11.6. The zero-order valence-corrected chi connectivity index (χ0v) is 23.9.